The van der Waals surface area contributed by atoms with Crippen molar-refractivity contribution >= 4 is 0 Å². The standard InChI is InChI=1S/C17H21N3/c18-9-16-12-20(11-14-5-4-8-19-10-14)13-17(16)15-6-2-1-3-7-15/h1-8,10,16-17H,9,11-13,18H2/t16-,17+/m1/s1. The molecule has 2 heterocycles. The highest BCUT2D eigenvalue weighted by molar-refractivity contribution is 5.23. The number of nitrogens with two attached hydrogens (primary N) is 1. The summed E-state index contributed by atoms with van der Waals surface area (Å²) in [7, 11) is 0. The van der Waals surface area contributed by atoms with E-state index in [1.165, 1.54) is 11.1 Å². The number of nitrogens with zero attached hydrogens (tertiary/aromatic N) is 2. The van der Waals surface area contributed by atoms with Crippen molar-refractivity contribution in [1.82, 2.24) is 9.88 Å². The van der Waals surface area contributed by atoms with Crippen LogP contribution in [0.2, 0.25) is 0 Å². The van der Waals surface area contributed by atoms with Gasteiger partial charge in [-0.15, -0.1) is 0 Å². The summed E-state index contributed by atoms with van der Waals surface area (Å²) in [6.45, 7) is 3.88. The fourth-order valence-electron chi connectivity index (χ4n) is 3.16. The number of hydrogen-bond donors (Lipinski definition) is 1. The SMILES string of the molecule is NC[C@@H]1CN(Cc2cccnc2)C[C@H]1c1ccccc1. The molecule has 2 N–H and O–H groups in total. The molecular formula is C17H21N3. The molecule has 0 unspecified atom stereocenters. The topological polar surface area (TPSA) is 42.1 Å². The molecule has 3 heteroatoms. The van der Waals surface area contributed by atoms with Gasteiger partial charge in [-0.05, 0) is 29.7 Å². The van der Waals surface area contributed by atoms with Gasteiger partial charge in [0.25, 0.3) is 0 Å². The van der Waals surface area contributed by atoms with Crippen LogP contribution in [0.4, 0.5) is 0 Å². The second-order valence-electron chi connectivity index (χ2n) is 5.57. The Bertz CT molecular complexity index is 526. The number of likely N-dealkylation sites (tertiary alicyclic amines) is 1. The minimum absolute atomic E-state index is 0.550. The third-order valence-electron chi connectivity index (χ3n) is 4.18. The van der Waals surface area contributed by atoms with Gasteiger partial charge in [-0.2, -0.15) is 0 Å². The molecule has 0 saturated carbocycles. The highest BCUT2D eigenvalue weighted by Gasteiger charge is 2.32. The summed E-state index contributed by atoms with van der Waals surface area (Å²) in [5.74, 6) is 1.10. The van der Waals surface area contributed by atoms with Crippen molar-refractivity contribution in [3.63, 3.8) is 0 Å². The Labute approximate surface area is 120 Å². The number of rotatable bonds is 4. The monoisotopic (exact) mass is 267 g/mol. The molecule has 2 aromatic rings. The molecule has 104 valence electrons. The molecule has 2 atom stereocenters. The average Bonchev–Trinajstić information content (AvgIpc) is 2.92. The quantitative estimate of drug-likeness (QED) is 0.924. The third kappa shape index (κ3) is 2.89. The van der Waals surface area contributed by atoms with E-state index in [0.29, 0.717) is 11.8 Å². The van der Waals surface area contributed by atoms with Crippen LogP contribution in [0.1, 0.15) is 17.0 Å². The Balaban J connectivity index is 1.71. The first-order valence-electron chi connectivity index (χ1n) is 7.23. The normalized spacial score (nSPS) is 23.1. The highest BCUT2D eigenvalue weighted by Crippen LogP contribution is 2.32. The molecule has 0 amide bonds. The van der Waals surface area contributed by atoms with E-state index in [1.54, 1.807) is 0 Å². The van der Waals surface area contributed by atoms with Gasteiger partial charge in [0.15, 0.2) is 0 Å². The van der Waals surface area contributed by atoms with E-state index in [1.807, 2.05) is 18.5 Å². The van der Waals surface area contributed by atoms with Crippen molar-refractivity contribution in [1.29, 1.82) is 0 Å². The van der Waals surface area contributed by atoms with Gasteiger partial charge in [0.05, 0.1) is 0 Å². The molecule has 1 fully saturated rings. The summed E-state index contributed by atoms with van der Waals surface area (Å²) in [6, 6.07) is 14.9. The minimum Gasteiger partial charge on any atom is -0.330 e. The van der Waals surface area contributed by atoms with Crippen LogP contribution in [0.15, 0.2) is 54.9 Å². The van der Waals surface area contributed by atoms with E-state index in [9.17, 15) is 0 Å². The maximum atomic E-state index is 5.98. The Morgan fingerprint density at radius 3 is 2.65 bits per heavy atom. The van der Waals surface area contributed by atoms with Gasteiger partial charge in [-0.25, -0.2) is 0 Å². The van der Waals surface area contributed by atoms with E-state index in [2.05, 4.69) is 46.3 Å². The summed E-state index contributed by atoms with van der Waals surface area (Å²) in [6.07, 6.45) is 3.77. The number of pyridine rings is 1. The fraction of sp³-hybridized carbons (Fsp3) is 0.353. The summed E-state index contributed by atoms with van der Waals surface area (Å²) in [5, 5.41) is 0. The predicted molar refractivity (Wildman–Crippen MR) is 81.2 cm³/mol. The van der Waals surface area contributed by atoms with Crippen LogP contribution in [-0.2, 0) is 6.54 Å². The fourth-order valence-corrected chi connectivity index (χ4v) is 3.16. The van der Waals surface area contributed by atoms with Crippen molar-refractivity contribution in [2.24, 2.45) is 11.7 Å². The van der Waals surface area contributed by atoms with Crippen LogP contribution >= 0.6 is 0 Å². The Hall–Kier alpha value is -1.71. The van der Waals surface area contributed by atoms with E-state index < -0.39 is 0 Å². The van der Waals surface area contributed by atoms with Crippen LogP contribution in [0.3, 0.4) is 0 Å². The lowest BCUT2D eigenvalue weighted by Crippen LogP contribution is -2.23. The van der Waals surface area contributed by atoms with Crippen molar-refractivity contribution in [3.05, 3.63) is 66.0 Å². The number of aromatic nitrogens is 1. The molecule has 0 aliphatic carbocycles. The summed E-state index contributed by atoms with van der Waals surface area (Å²) in [4.78, 5) is 6.68. The molecule has 3 rings (SSSR count). The molecule has 0 radical (unpaired) electrons. The van der Waals surface area contributed by atoms with Crippen LogP contribution in [0.5, 0.6) is 0 Å². The minimum atomic E-state index is 0.550. The van der Waals surface area contributed by atoms with Crippen molar-refractivity contribution in [3.8, 4) is 0 Å². The average molecular weight is 267 g/mol. The zero-order chi connectivity index (χ0) is 13.8. The van der Waals surface area contributed by atoms with E-state index in [-0.39, 0.29) is 0 Å². The second kappa shape index (κ2) is 6.16. The van der Waals surface area contributed by atoms with Gasteiger partial charge in [0.1, 0.15) is 0 Å². The predicted octanol–water partition coefficient (Wildman–Crippen LogP) is 2.26. The van der Waals surface area contributed by atoms with Crippen LogP contribution in [0, 0.1) is 5.92 Å². The third-order valence-corrected chi connectivity index (χ3v) is 4.18. The first-order valence-corrected chi connectivity index (χ1v) is 7.23. The zero-order valence-corrected chi connectivity index (χ0v) is 11.7. The Kier molecular flexibility index (Phi) is 4.09. The number of hydrogen-bond acceptors (Lipinski definition) is 3. The van der Waals surface area contributed by atoms with Crippen LogP contribution < -0.4 is 5.73 Å². The van der Waals surface area contributed by atoms with E-state index in [0.717, 1.165) is 26.2 Å². The Morgan fingerprint density at radius 2 is 1.95 bits per heavy atom. The van der Waals surface area contributed by atoms with Crippen LogP contribution in [0.25, 0.3) is 0 Å². The summed E-state index contributed by atoms with van der Waals surface area (Å²) in [5.41, 5.74) is 8.67. The molecular weight excluding hydrogens is 246 g/mol. The number of benzene rings is 1. The lowest BCUT2D eigenvalue weighted by atomic mass is 9.89. The second-order valence-corrected chi connectivity index (χ2v) is 5.57. The molecule has 1 aliphatic heterocycles. The van der Waals surface area contributed by atoms with Gasteiger partial charge in [0.2, 0.25) is 0 Å². The van der Waals surface area contributed by atoms with Crippen molar-refractivity contribution in [2.45, 2.75) is 12.5 Å². The van der Waals surface area contributed by atoms with E-state index >= 15 is 0 Å². The lowest BCUT2D eigenvalue weighted by Gasteiger charge is -2.16. The smallest absolute Gasteiger partial charge is 0.0312 e. The van der Waals surface area contributed by atoms with Gasteiger partial charge in [-0.1, -0.05) is 36.4 Å². The van der Waals surface area contributed by atoms with Gasteiger partial charge in [-0.3, -0.25) is 9.88 Å². The maximum absolute atomic E-state index is 5.98. The van der Waals surface area contributed by atoms with Gasteiger partial charge >= 0.3 is 0 Å². The van der Waals surface area contributed by atoms with Gasteiger partial charge in [0, 0.05) is 37.9 Å². The zero-order valence-electron chi connectivity index (χ0n) is 11.7. The Morgan fingerprint density at radius 1 is 1.10 bits per heavy atom. The lowest BCUT2D eigenvalue weighted by molar-refractivity contribution is 0.316. The largest absolute Gasteiger partial charge is 0.330 e. The molecule has 0 bridgehead atoms. The molecule has 1 saturated heterocycles. The highest BCUT2D eigenvalue weighted by atomic mass is 15.2. The molecule has 3 nitrogen and oxygen atoms in total. The van der Waals surface area contributed by atoms with Crippen LogP contribution in [-0.4, -0.2) is 29.5 Å². The maximum Gasteiger partial charge on any atom is 0.0312 e. The first-order chi connectivity index (χ1) is 9.86. The summed E-state index contributed by atoms with van der Waals surface area (Å²) < 4.78 is 0. The first kappa shape index (κ1) is 13.3. The van der Waals surface area contributed by atoms with Gasteiger partial charge < -0.3 is 5.73 Å². The molecule has 20 heavy (non-hydrogen) atoms. The van der Waals surface area contributed by atoms with Crippen molar-refractivity contribution < 1.29 is 0 Å². The summed E-state index contributed by atoms with van der Waals surface area (Å²) >= 11 is 0. The molecule has 1 aromatic heterocycles. The molecule has 1 aromatic carbocycles. The van der Waals surface area contributed by atoms with Crippen molar-refractivity contribution in [2.75, 3.05) is 19.6 Å². The molecule has 1 aliphatic rings. The molecule has 0 spiro atoms. The van der Waals surface area contributed by atoms with E-state index in [4.69, 9.17) is 5.73 Å².